The van der Waals surface area contributed by atoms with Gasteiger partial charge in [0.1, 0.15) is 5.60 Å². The third kappa shape index (κ3) is 7.21. The number of hydrogen-bond donors (Lipinski definition) is 0. The Morgan fingerprint density at radius 3 is 2.09 bits per heavy atom. The average molecular weight is 464 g/mol. The number of methoxy groups -OCH3 is 1. The SMILES string of the molecule is C=C(Cc1ccc(-c2ccccc2)cc1)CC1(CC(=O)OC)CCN(C(=O)OC(C)(C)C)CC1. The predicted molar refractivity (Wildman–Crippen MR) is 135 cm³/mol. The molecule has 0 spiro atoms. The Morgan fingerprint density at radius 2 is 1.53 bits per heavy atom. The van der Waals surface area contributed by atoms with Crippen molar-refractivity contribution in [3.63, 3.8) is 0 Å². The summed E-state index contributed by atoms with van der Waals surface area (Å²) in [4.78, 5) is 26.5. The fraction of sp³-hybridized carbons (Fsp3) is 0.448. The minimum absolute atomic E-state index is 0.217. The molecule has 5 heteroatoms. The Labute approximate surface area is 203 Å². The van der Waals surface area contributed by atoms with E-state index in [2.05, 4.69) is 43.0 Å². The summed E-state index contributed by atoms with van der Waals surface area (Å²) in [5.41, 5.74) is 3.88. The third-order valence-corrected chi connectivity index (χ3v) is 6.36. The van der Waals surface area contributed by atoms with E-state index < -0.39 is 5.60 Å². The summed E-state index contributed by atoms with van der Waals surface area (Å²) in [5.74, 6) is -0.217. The average Bonchev–Trinajstić information content (AvgIpc) is 2.79. The summed E-state index contributed by atoms with van der Waals surface area (Å²) in [6.07, 6.45) is 2.95. The van der Waals surface area contributed by atoms with Gasteiger partial charge in [-0.3, -0.25) is 4.79 Å². The molecule has 0 N–H and O–H groups in total. The topological polar surface area (TPSA) is 55.8 Å². The largest absolute Gasteiger partial charge is 0.469 e. The van der Waals surface area contributed by atoms with Crippen molar-refractivity contribution < 1.29 is 19.1 Å². The van der Waals surface area contributed by atoms with Crippen LogP contribution in [-0.4, -0.2) is 42.8 Å². The maximum absolute atomic E-state index is 12.5. The number of likely N-dealkylation sites (tertiary alicyclic amines) is 1. The Balaban J connectivity index is 1.64. The summed E-state index contributed by atoms with van der Waals surface area (Å²) in [5, 5.41) is 0. The van der Waals surface area contributed by atoms with Gasteiger partial charge in [0.2, 0.25) is 0 Å². The highest BCUT2D eigenvalue weighted by Crippen LogP contribution is 2.41. The first-order valence-electron chi connectivity index (χ1n) is 11.9. The molecule has 0 aromatic heterocycles. The summed E-state index contributed by atoms with van der Waals surface area (Å²) in [7, 11) is 1.43. The lowest BCUT2D eigenvalue weighted by Crippen LogP contribution is -2.46. The molecule has 0 saturated carbocycles. The second-order valence-electron chi connectivity index (χ2n) is 10.4. The number of carbonyl (C=O) groups excluding carboxylic acids is 2. The van der Waals surface area contributed by atoms with Gasteiger partial charge in [-0.1, -0.05) is 66.7 Å². The maximum Gasteiger partial charge on any atom is 0.410 e. The number of nitrogens with zero attached hydrogens (tertiary/aromatic N) is 1. The van der Waals surface area contributed by atoms with Crippen LogP contribution in [0.2, 0.25) is 0 Å². The van der Waals surface area contributed by atoms with Gasteiger partial charge in [-0.05, 0) is 68.6 Å². The molecule has 2 aromatic carbocycles. The molecule has 34 heavy (non-hydrogen) atoms. The standard InChI is InChI=1S/C29H37NO4/c1-22(19-23-11-13-25(14-12-23)24-9-7-6-8-10-24)20-29(21-26(31)33-5)15-17-30(18-16-29)27(32)34-28(2,3)4/h6-14H,1,15-21H2,2-5H3. The van der Waals surface area contributed by atoms with Crippen LogP contribution in [-0.2, 0) is 20.7 Å². The first kappa shape index (κ1) is 25.5. The molecule has 1 amide bonds. The van der Waals surface area contributed by atoms with Gasteiger partial charge < -0.3 is 14.4 Å². The van der Waals surface area contributed by atoms with Crippen molar-refractivity contribution in [2.45, 2.75) is 58.5 Å². The molecule has 1 heterocycles. The number of carbonyl (C=O) groups is 2. The molecule has 1 fully saturated rings. The number of benzene rings is 2. The minimum Gasteiger partial charge on any atom is -0.469 e. The molecule has 1 aliphatic rings. The van der Waals surface area contributed by atoms with Gasteiger partial charge in [-0.25, -0.2) is 4.79 Å². The minimum atomic E-state index is -0.526. The quantitative estimate of drug-likeness (QED) is 0.351. The number of ether oxygens (including phenoxy) is 2. The van der Waals surface area contributed by atoms with E-state index in [4.69, 9.17) is 9.47 Å². The van der Waals surface area contributed by atoms with Gasteiger partial charge in [0, 0.05) is 13.1 Å². The maximum atomic E-state index is 12.5. The van der Waals surface area contributed by atoms with Gasteiger partial charge >= 0.3 is 12.1 Å². The second-order valence-corrected chi connectivity index (χ2v) is 10.4. The van der Waals surface area contributed by atoms with E-state index >= 15 is 0 Å². The van der Waals surface area contributed by atoms with Gasteiger partial charge in [0.15, 0.2) is 0 Å². The van der Waals surface area contributed by atoms with Crippen molar-refractivity contribution in [2.24, 2.45) is 5.41 Å². The molecule has 1 aliphatic heterocycles. The van der Waals surface area contributed by atoms with Gasteiger partial charge in [-0.2, -0.15) is 0 Å². The Bertz CT molecular complexity index is 981. The lowest BCUT2D eigenvalue weighted by molar-refractivity contribution is -0.144. The van der Waals surface area contributed by atoms with Crippen molar-refractivity contribution in [3.8, 4) is 11.1 Å². The van der Waals surface area contributed by atoms with Crippen molar-refractivity contribution in [1.82, 2.24) is 4.90 Å². The normalized spacial score (nSPS) is 15.5. The number of hydrogen-bond acceptors (Lipinski definition) is 4. The zero-order chi connectivity index (χ0) is 24.8. The molecule has 3 rings (SSSR count). The van der Waals surface area contributed by atoms with E-state index in [1.54, 1.807) is 4.90 Å². The van der Waals surface area contributed by atoms with E-state index in [0.29, 0.717) is 32.4 Å². The molecule has 0 bridgehead atoms. The Hall–Kier alpha value is -3.08. The molecule has 0 aliphatic carbocycles. The molecule has 0 radical (unpaired) electrons. The number of rotatable bonds is 7. The second kappa shape index (κ2) is 10.9. The number of esters is 1. The predicted octanol–water partition coefficient (Wildman–Crippen LogP) is 6.42. The number of piperidine rings is 1. The van der Waals surface area contributed by atoms with Gasteiger partial charge in [0.25, 0.3) is 0 Å². The van der Waals surface area contributed by atoms with Crippen LogP contribution < -0.4 is 0 Å². The van der Waals surface area contributed by atoms with Crippen molar-refractivity contribution in [1.29, 1.82) is 0 Å². The molecule has 0 unspecified atom stereocenters. The molecule has 2 aromatic rings. The lowest BCUT2D eigenvalue weighted by atomic mass is 9.71. The van der Waals surface area contributed by atoms with Crippen LogP contribution in [0.3, 0.4) is 0 Å². The highest BCUT2D eigenvalue weighted by molar-refractivity contribution is 5.71. The van der Waals surface area contributed by atoms with Crippen LogP contribution >= 0.6 is 0 Å². The van der Waals surface area contributed by atoms with E-state index in [-0.39, 0.29) is 17.5 Å². The summed E-state index contributed by atoms with van der Waals surface area (Å²) in [6.45, 7) is 11.1. The van der Waals surface area contributed by atoms with Crippen LogP contribution in [0, 0.1) is 5.41 Å². The third-order valence-electron chi connectivity index (χ3n) is 6.36. The van der Waals surface area contributed by atoms with E-state index in [0.717, 1.165) is 18.4 Å². The highest BCUT2D eigenvalue weighted by atomic mass is 16.6. The van der Waals surface area contributed by atoms with Gasteiger partial charge in [-0.15, -0.1) is 0 Å². The molecule has 0 atom stereocenters. The van der Waals surface area contributed by atoms with Crippen LogP contribution in [0.5, 0.6) is 0 Å². The fourth-order valence-electron chi connectivity index (χ4n) is 4.61. The first-order valence-corrected chi connectivity index (χ1v) is 11.9. The highest BCUT2D eigenvalue weighted by Gasteiger charge is 2.39. The van der Waals surface area contributed by atoms with Crippen molar-refractivity contribution >= 4 is 12.1 Å². The molecule has 5 nitrogen and oxygen atoms in total. The first-order chi connectivity index (χ1) is 16.1. The van der Waals surface area contributed by atoms with Gasteiger partial charge in [0.05, 0.1) is 13.5 Å². The monoisotopic (exact) mass is 463 g/mol. The lowest BCUT2D eigenvalue weighted by Gasteiger charge is -2.42. The van der Waals surface area contributed by atoms with Crippen LogP contribution in [0.4, 0.5) is 4.79 Å². The summed E-state index contributed by atoms with van der Waals surface area (Å²) in [6, 6.07) is 18.9. The van der Waals surface area contributed by atoms with Crippen molar-refractivity contribution in [2.75, 3.05) is 20.2 Å². The van der Waals surface area contributed by atoms with Crippen LogP contribution in [0.15, 0.2) is 66.7 Å². The number of allylic oxidation sites excluding steroid dienone is 1. The van der Waals surface area contributed by atoms with Crippen molar-refractivity contribution in [3.05, 3.63) is 72.3 Å². The van der Waals surface area contributed by atoms with Crippen LogP contribution in [0.25, 0.3) is 11.1 Å². The van der Waals surface area contributed by atoms with Crippen LogP contribution in [0.1, 0.15) is 52.0 Å². The smallest absolute Gasteiger partial charge is 0.410 e. The Morgan fingerprint density at radius 1 is 0.941 bits per heavy atom. The summed E-state index contributed by atoms with van der Waals surface area (Å²) >= 11 is 0. The molecule has 182 valence electrons. The summed E-state index contributed by atoms with van der Waals surface area (Å²) < 4.78 is 10.5. The number of amides is 1. The fourth-order valence-corrected chi connectivity index (χ4v) is 4.61. The zero-order valence-corrected chi connectivity index (χ0v) is 20.9. The zero-order valence-electron chi connectivity index (χ0n) is 20.9. The van der Waals surface area contributed by atoms with E-state index in [9.17, 15) is 9.59 Å². The molecule has 1 saturated heterocycles. The molecular weight excluding hydrogens is 426 g/mol. The van der Waals surface area contributed by atoms with E-state index in [1.807, 2.05) is 39.0 Å². The van der Waals surface area contributed by atoms with E-state index in [1.165, 1.54) is 23.8 Å². The molecular formula is C29H37NO4. The Kier molecular flexibility index (Phi) is 8.19.